The van der Waals surface area contributed by atoms with Crippen molar-refractivity contribution >= 4 is 16.9 Å². The molecule has 3 rings (SSSR count). The predicted octanol–water partition coefficient (Wildman–Crippen LogP) is 2.43. The molecule has 1 heterocycles. The summed E-state index contributed by atoms with van der Waals surface area (Å²) in [5, 5.41) is 9.94. The number of hydrogen-bond donors (Lipinski definition) is 1. The Morgan fingerprint density at radius 3 is 2.50 bits per heavy atom. The van der Waals surface area contributed by atoms with E-state index in [9.17, 15) is 14.7 Å². The molecule has 1 aromatic heterocycles. The van der Waals surface area contributed by atoms with Crippen LogP contribution in [0.3, 0.4) is 0 Å². The van der Waals surface area contributed by atoms with Crippen molar-refractivity contribution in [2.75, 3.05) is 13.2 Å². The number of fused-ring (bicyclic) bond motifs is 1. The summed E-state index contributed by atoms with van der Waals surface area (Å²) in [4.78, 5) is 26.4. The highest BCUT2D eigenvalue weighted by Crippen LogP contribution is 2.15. The van der Waals surface area contributed by atoms with Gasteiger partial charge in [-0.3, -0.25) is 4.79 Å². The first kappa shape index (κ1) is 16.0. The fourth-order valence-electron chi connectivity index (χ4n) is 2.56. The van der Waals surface area contributed by atoms with E-state index in [0.717, 1.165) is 5.56 Å². The molecule has 24 heavy (non-hydrogen) atoms. The van der Waals surface area contributed by atoms with Gasteiger partial charge >= 0.3 is 5.63 Å². The lowest BCUT2D eigenvalue weighted by molar-refractivity contribution is 0.0703. The second-order valence-corrected chi connectivity index (χ2v) is 5.42. The lowest BCUT2D eigenvalue weighted by Crippen LogP contribution is -2.35. The normalized spacial score (nSPS) is 10.7. The average Bonchev–Trinajstić information content (AvgIpc) is 2.61. The molecule has 0 atom stereocenters. The molecular formula is C19H17NO4. The third-order valence-corrected chi connectivity index (χ3v) is 3.75. The Morgan fingerprint density at radius 1 is 1.04 bits per heavy atom. The zero-order valence-corrected chi connectivity index (χ0v) is 13.0. The number of aliphatic hydroxyl groups excluding tert-OH is 1. The molecule has 0 aliphatic heterocycles. The maximum Gasteiger partial charge on any atom is 0.349 e. The zero-order chi connectivity index (χ0) is 16.9. The van der Waals surface area contributed by atoms with Gasteiger partial charge in [0.1, 0.15) is 11.1 Å². The molecule has 1 amide bonds. The molecule has 0 radical (unpaired) electrons. The van der Waals surface area contributed by atoms with Gasteiger partial charge in [-0.2, -0.15) is 0 Å². The molecule has 0 saturated carbocycles. The molecule has 3 aromatic rings. The number of para-hydroxylation sites is 1. The Morgan fingerprint density at radius 2 is 1.75 bits per heavy atom. The monoisotopic (exact) mass is 323 g/mol. The quantitative estimate of drug-likeness (QED) is 0.732. The molecule has 0 aliphatic rings. The lowest BCUT2D eigenvalue weighted by Gasteiger charge is -2.21. The lowest BCUT2D eigenvalue weighted by atomic mass is 10.1. The number of hydrogen-bond acceptors (Lipinski definition) is 4. The molecule has 122 valence electrons. The highest BCUT2D eigenvalue weighted by Gasteiger charge is 2.20. The minimum absolute atomic E-state index is 0.0296. The van der Waals surface area contributed by atoms with Gasteiger partial charge in [-0.15, -0.1) is 0 Å². The van der Waals surface area contributed by atoms with E-state index in [0.29, 0.717) is 17.5 Å². The second kappa shape index (κ2) is 7.10. The van der Waals surface area contributed by atoms with Gasteiger partial charge in [0, 0.05) is 18.5 Å². The Balaban J connectivity index is 1.95. The van der Waals surface area contributed by atoms with Crippen LogP contribution in [0.15, 0.2) is 69.9 Å². The minimum atomic E-state index is -0.672. The van der Waals surface area contributed by atoms with Crippen LogP contribution in [0.5, 0.6) is 0 Å². The molecule has 5 heteroatoms. The van der Waals surface area contributed by atoms with Crippen molar-refractivity contribution in [1.82, 2.24) is 4.90 Å². The number of rotatable bonds is 5. The van der Waals surface area contributed by atoms with Gasteiger partial charge in [-0.05, 0) is 17.7 Å². The predicted molar refractivity (Wildman–Crippen MR) is 90.8 cm³/mol. The van der Waals surface area contributed by atoms with Gasteiger partial charge in [-0.1, -0.05) is 48.5 Å². The molecular weight excluding hydrogens is 306 g/mol. The Hall–Kier alpha value is -2.92. The van der Waals surface area contributed by atoms with Gasteiger partial charge in [0.15, 0.2) is 0 Å². The van der Waals surface area contributed by atoms with Crippen molar-refractivity contribution in [1.29, 1.82) is 0 Å². The first-order chi connectivity index (χ1) is 11.7. The maximum atomic E-state index is 12.8. The molecule has 1 N–H and O–H groups in total. The summed E-state index contributed by atoms with van der Waals surface area (Å²) in [7, 11) is 0. The molecule has 2 aromatic carbocycles. The molecule has 0 bridgehead atoms. The van der Waals surface area contributed by atoms with Crippen LogP contribution in [0.1, 0.15) is 15.9 Å². The topological polar surface area (TPSA) is 70.8 Å². The molecule has 0 fully saturated rings. The van der Waals surface area contributed by atoms with E-state index in [-0.39, 0.29) is 18.7 Å². The first-order valence-electron chi connectivity index (χ1n) is 7.66. The van der Waals surface area contributed by atoms with Crippen LogP contribution >= 0.6 is 0 Å². The van der Waals surface area contributed by atoms with E-state index >= 15 is 0 Å². The summed E-state index contributed by atoms with van der Waals surface area (Å²) in [6.07, 6.45) is 0. The second-order valence-electron chi connectivity index (χ2n) is 5.42. The van der Waals surface area contributed by atoms with E-state index in [1.54, 1.807) is 24.3 Å². The highest BCUT2D eigenvalue weighted by molar-refractivity contribution is 5.96. The molecule has 5 nitrogen and oxygen atoms in total. The van der Waals surface area contributed by atoms with Gasteiger partial charge in [-0.25, -0.2) is 4.79 Å². The van der Waals surface area contributed by atoms with Crippen LogP contribution in [0.4, 0.5) is 0 Å². The molecule has 0 saturated heterocycles. The third kappa shape index (κ3) is 3.36. The van der Waals surface area contributed by atoms with E-state index in [1.807, 2.05) is 36.4 Å². The summed E-state index contributed by atoms with van der Waals surface area (Å²) in [6, 6.07) is 18.0. The summed E-state index contributed by atoms with van der Waals surface area (Å²) in [5.41, 5.74) is 0.660. The third-order valence-electron chi connectivity index (χ3n) is 3.75. The Labute approximate surface area is 138 Å². The standard InChI is InChI=1S/C19H17NO4/c21-11-10-20(13-14-6-2-1-3-7-14)18(22)16-12-15-8-4-5-9-17(15)24-19(16)23/h1-9,12,21H,10-11,13H2. The molecule has 0 spiro atoms. The van der Waals surface area contributed by atoms with Crippen molar-refractivity contribution in [2.45, 2.75) is 6.54 Å². The SMILES string of the molecule is O=C(c1cc2ccccc2oc1=O)N(CCO)Cc1ccccc1. The van der Waals surface area contributed by atoms with Crippen molar-refractivity contribution < 1.29 is 14.3 Å². The van der Waals surface area contributed by atoms with Gasteiger partial charge < -0.3 is 14.4 Å². The zero-order valence-electron chi connectivity index (χ0n) is 13.0. The smallest absolute Gasteiger partial charge is 0.349 e. The molecule has 0 aliphatic carbocycles. The van der Waals surface area contributed by atoms with Crippen molar-refractivity contribution in [2.24, 2.45) is 0 Å². The summed E-state index contributed by atoms with van der Waals surface area (Å²) in [6.45, 7) is 0.268. The van der Waals surface area contributed by atoms with Crippen LogP contribution in [-0.2, 0) is 6.54 Å². The van der Waals surface area contributed by atoms with Gasteiger partial charge in [0.2, 0.25) is 0 Å². The summed E-state index contributed by atoms with van der Waals surface area (Å²) < 4.78 is 5.23. The number of amides is 1. The van der Waals surface area contributed by atoms with Crippen LogP contribution in [0.2, 0.25) is 0 Å². The number of nitrogens with zero attached hydrogens (tertiary/aromatic N) is 1. The molecule has 0 unspecified atom stereocenters. The van der Waals surface area contributed by atoms with Crippen LogP contribution < -0.4 is 5.63 Å². The summed E-state index contributed by atoms with van der Waals surface area (Å²) in [5.74, 6) is -0.451. The fraction of sp³-hybridized carbons (Fsp3) is 0.158. The van der Waals surface area contributed by atoms with Crippen molar-refractivity contribution in [3.63, 3.8) is 0 Å². The fourth-order valence-corrected chi connectivity index (χ4v) is 2.56. The van der Waals surface area contributed by atoms with Crippen LogP contribution in [0, 0.1) is 0 Å². The van der Waals surface area contributed by atoms with E-state index in [4.69, 9.17) is 4.42 Å². The average molecular weight is 323 g/mol. The Kier molecular flexibility index (Phi) is 4.72. The largest absolute Gasteiger partial charge is 0.422 e. The minimum Gasteiger partial charge on any atom is -0.422 e. The van der Waals surface area contributed by atoms with E-state index in [1.165, 1.54) is 4.90 Å². The van der Waals surface area contributed by atoms with E-state index in [2.05, 4.69) is 0 Å². The number of benzene rings is 2. The van der Waals surface area contributed by atoms with Gasteiger partial charge in [0.25, 0.3) is 5.91 Å². The van der Waals surface area contributed by atoms with E-state index < -0.39 is 11.5 Å². The number of carbonyl (C=O) groups is 1. The maximum absolute atomic E-state index is 12.8. The van der Waals surface area contributed by atoms with Crippen molar-refractivity contribution in [3.8, 4) is 0 Å². The highest BCUT2D eigenvalue weighted by atomic mass is 16.4. The van der Waals surface area contributed by atoms with Crippen LogP contribution in [-0.4, -0.2) is 29.1 Å². The number of aliphatic hydroxyl groups is 1. The summed E-state index contributed by atoms with van der Waals surface area (Å²) >= 11 is 0. The van der Waals surface area contributed by atoms with Crippen molar-refractivity contribution in [3.05, 3.63) is 82.2 Å². The first-order valence-corrected chi connectivity index (χ1v) is 7.66. The van der Waals surface area contributed by atoms with Crippen LogP contribution in [0.25, 0.3) is 11.0 Å². The number of carbonyl (C=O) groups excluding carboxylic acids is 1. The van der Waals surface area contributed by atoms with Gasteiger partial charge in [0.05, 0.1) is 6.61 Å². The Bertz CT molecular complexity index is 902.